The number of aryl methyl sites for hydroxylation is 1. The molecule has 114 valence electrons. The molecule has 0 aliphatic heterocycles. The molecule has 1 aromatic carbocycles. The van der Waals surface area contributed by atoms with E-state index < -0.39 is 0 Å². The molecule has 2 rings (SSSR count). The molecule has 21 heavy (non-hydrogen) atoms. The minimum atomic E-state index is 0.510. The quantitative estimate of drug-likeness (QED) is 0.723. The molecule has 1 aromatic heterocycles. The van der Waals surface area contributed by atoms with E-state index in [0.29, 0.717) is 5.92 Å². The second-order valence-electron chi connectivity index (χ2n) is 5.90. The molecule has 0 spiro atoms. The Labute approximate surface area is 136 Å². The molecule has 0 bridgehead atoms. The summed E-state index contributed by atoms with van der Waals surface area (Å²) in [7, 11) is 0. The third kappa shape index (κ3) is 5.11. The van der Waals surface area contributed by atoms with Crippen molar-refractivity contribution in [3.63, 3.8) is 0 Å². The van der Waals surface area contributed by atoms with E-state index in [1.165, 1.54) is 28.3 Å². The van der Waals surface area contributed by atoms with E-state index in [2.05, 4.69) is 61.5 Å². The van der Waals surface area contributed by atoms with Crippen molar-refractivity contribution < 1.29 is 0 Å². The number of hydrogen-bond donors (Lipinski definition) is 0. The lowest BCUT2D eigenvalue weighted by Gasteiger charge is -2.13. The Morgan fingerprint density at radius 3 is 2.76 bits per heavy atom. The average molecular weight is 321 g/mol. The van der Waals surface area contributed by atoms with Crippen molar-refractivity contribution in [3.8, 4) is 0 Å². The van der Waals surface area contributed by atoms with Crippen molar-refractivity contribution in [2.24, 2.45) is 5.92 Å². The van der Waals surface area contributed by atoms with Crippen LogP contribution in [0.3, 0.4) is 0 Å². The molecule has 0 N–H and O–H groups in total. The minimum absolute atomic E-state index is 0.510. The topological polar surface area (TPSA) is 25.8 Å². The summed E-state index contributed by atoms with van der Waals surface area (Å²) in [6, 6.07) is 8.63. The summed E-state index contributed by atoms with van der Waals surface area (Å²) in [5.74, 6) is 2.47. The summed E-state index contributed by atoms with van der Waals surface area (Å²) < 4.78 is 0. The number of benzene rings is 1. The molecular formula is C17H24N2S2. The van der Waals surface area contributed by atoms with Gasteiger partial charge in [-0.1, -0.05) is 43.7 Å². The fraction of sp³-hybridized carbons (Fsp3) is 0.529. The fourth-order valence-corrected chi connectivity index (χ4v) is 4.24. The summed E-state index contributed by atoms with van der Waals surface area (Å²) in [4.78, 5) is 0. The van der Waals surface area contributed by atoms with Crippen LogP contribution in [-0.4, -0.2) is 22.2 Å². The van der Waals surface area contributed by atoms with Crippen LogP contribution < -0.4 is 0 Å². The van der Waals surface area contributed by atoms with Gasteiger partial charge in [0, 0.05) is 12.3 Å². The number of nitrogens with zero attached hydrogens (tertiary/aromatic N) is 2. The lowest BCUT2D eigenvalue weighted by Crippen LogP contribution is -2.04. The van der Waals surface area contributed by atoms with E-state index in [0.717, 1.165) is 17.3 Å². The third-order valence-corrected chi connectivity index (χ3v) is 5.61. The highest BCUT2D eigenvalue weighted by atomic mass is 32.2. The van der Waals surface area contributed by atoms with Crippen molar-refractivity contribution in [2.45, 2.75) is 39.5 Å². The zero-order valence-corrected chi connectivity index (χ0v) is 14.9. The Kier molecular flexibility index (Phi) is 6.24. The molecule has 2 aromatic rings. The van der Waals surface area contributed by atoms with Crippen molar-refractivity contribution in [3.05, 3.63) is 45.4 Å². The van der Waals surface area contributed by atoms with Crippen molar-refractivity contribution >= 4 is 23.1 Å². The lowest BCUT2D eigenvalue weighted by atomic mass is 10.00. The fourth-order valence-electron chi connectivity index (χ4n) is 2.59. The highest BCUT2D eigenvalue weighted by Crippen LogP contribution is 2.28. The van der Waals surface area contributed by atoms with Gasteiger partial charge in [0.15, 0.2) is 0 Å². The molecule has 0 saturated heterocycles. The standard InChI is InChI=1S/C17H24N2S2/c1-12-6-5-7-15(9-12)10-16-18-19-17(21-16)14(3)8-13(2)11-20-4/h5-7,9,13-14H,8,10-11H2,1-4H3/t13?,14-/m0/s1. The monoisotopic (exact) mass is 320 g/mol. The minimum Gasteiger partial charge on any atom is -0.165 e. The summed E-state index contributed by atoms with van der Waals surface area (Å²) in [5, 5.41) is 11.1. The van der Waals surface area contributed by atoms with Crippen molar-refractivity contribution in [1.29, 1.82) is 0 Å². The smallest absolute Gasteiger partial charge is 0.121 e. The zero-order valence-electron chi connectivity index (χ0n) is 13.3. The first-order valence-corrected chi connectivity index (χ1v) is 9.66. The second-order valence-corrected chi connectivity index (χ2v) is 7.90. The maximum atomic E-state index is 4.41. The van der Waals surface area contributed by atoms with E-state index in [1.54, 1.807) is 11.3 Å². The van der Waals surface area contributed by atoms with Crippen LogP contribution >= 0.6 is 23.1 Å². The average Bonchev–Trinajstić information content (AvgIpc) is 2.87. The maximum Gasteiger partial charge on any atom is 0.121 e. The van der Waals surface area contributed by atoms with E-state index in [4.69, 9.17) is 0 Å². The van der Waals surface area contributed by atoms with E-state index >= 15 is 0 Å². The largest absolute Gasteiger partial charge is 0.165 e. The Hall–Kier alpha value is -0.870. The van der Waals surface area contributed by atoms with Gasteiger partial charge in [-0.2, -0.15) is 11.8 Å². The van der Waals surface area contributed by atoms with Crippen LogP contribution in [0.2, 0.25) is 0 Å². The molecule has 0 aliphatic rings. The van der Waals surface area contributed by atoms with Gasteiger partial charge in [0.2, 0.25) is 0 Å². The van der Waals surface area contributed by atoms with Gasteiger partial charge in [0.05, 0.1) is 0 Å². The number of hydrogen-bond acceptors (Lipinski definition) is 4. The molecule has 0 fully saturated rings. The van der Waals surface area contributed by atoms with E-state index in [-0.39, 0.29) is 0 Å². The second kappa shape index (κ2) is 7.95. The van der Waals surface area contributed by atoms with Crippen LogP contribution in [0.25, 0.3) is 0 Å². The molecule has 4 heteroatoms. The van der Waals surface area contributed by atoms with Gasteiger partial charge in [-0.25, -0.2) is 0 Å². The van der Waals surface area contributed by atoms with Gasteiger partial charge in [-0.05, 0) is 36.8 Å². The Bertz CT molecular complexity index is 565. The van der Waals surface area contributed by atoms with Crippen LogP contribution in [0.4, 0.5) is 0 Å². The highest BCUT2D eigenvalue weighted by molar-refractivity contribution is 7.98. The maximum absolute atomic E-state index is 4.41. The van der Waals surface area contributed by atoms with Crippen LogP contribution in [0, 0.1) is 12.8 Å². The Morgan fingerprint density at radius 1 is 1.24 bits per heavy atom. The van der Waals surface area contributed by atoms with E-state index in [9.17, 15) is 0 Å². The molecule has 0 aliphatic carbocycles. The molecular weight excluding hydrogens is 296 g/mol. The van der Waals surface area contributed by atoms with Gasteiger partial charge in [-0.3, -0.25) is 0 Å². The predicted octanol–water partition coefficient (Wildman–Crippen LogP) is 4.93. The summed E-state index contributed by atoms with van der Waals surface area (Å²) >= 11 is 3.70. The summed E-state index contributed by atoms with van der Waals surface area (Å²) in [6.07, 6.45) is 4.26. The lowest BCUT2D eigenvalue weighted by molar-refractivity contribution is 0.527. The molecule has 0 saturated carbocycles. The van der Waals surface area contributed by atoms with Crippen LogP contribution in [-0.2, 0) is 6.42 Å². The van der Waals surface area contributed by atoms with Gasteiger partial charge < -0.3 is 0 Å². The van der Waals surface area contributed by atoms with Crippen molar-refractivity contribution in [2.75, 3.05) is 12.0 Å². The number of thioether (sulfide) groups is 1. The van der Waals surface area contributed by atoms with Gasteiger partial charge in [0.25, 0.3) is 0 Å². The van der Waals surface area contributed by atoms with Crippen molar-refractivity contribution in [1.82, 2.24) is 10.2 Å². The van der Waals surface area contributed by atoms with Crippen LogP contribution in [0.5, 0.6) is 0 Å². The third-order valence-electron chi connectivity index (χ3n) is 3.55. The van der Waals surface area contributed by atoms with Crippen LogP contribution in [0.1, 0.15) is 47.3 Å². The van der Waals surface area contributed by atoms with Gasteiger partial charge in [0.1, 0.15) is 10.0 Å². The zero-order chi connectivity index (χ0) is 15.2. The molecule has 0 radical (unpaired) electrons. The Morgan fingerprint density at radius 2 is 2.05 bits per heavy atom. The SMILES string of the molecule is CSCC(C)C[C@H](C)c1nnc(Cc2cccc(C)c2)s1. The molecule has 0 amide bonds. The summed E-state index contributed by atoms with van der Waals surface area (Å²) in [6.45, 7) is 6.72. The summed E-state index contributed by atoms with van der Waals surface area (Å²) in [5.41, 5.74) is 2.62. The van der Waals surface area contributed by atoms with E-state index in [1.807, 2.05) is 11.8 Å². The first-order chi connectivity index (χ1) is 10.1. The number of rotatable bonds is 7. The highest BCUT2D eigenvalue weighted by Gasteiger charge is 2.15. The first kappa shape index (κ1) is 16.5. The molecule has 1 heterocycles. The first-order valence-electron chi connectivity index (χ1n) is 7.45. The normalized spacial score (nSPS) is 14.1. The Balaban J connectivity index is 1.97. The van der Waals surface area contributed by atoms with Gasteiger partial charge >= 0.3 is 0 Å². The predicted molar refractivity (Wildman–Crippen MR) is 94.5 cm³/mol. The molecule has 2 nitrogen and oxygen atoms in total. The molecule has 2 atom stereocenters. The van der Waals surface area contributed by atoms with Crippen LogP contribution in [0.15, 0.2) is 24.3 Å². The number of aromatic nitrogens is 2. The van der Waals surface area contributed by atoms with Gasteiger partial charge in [-0.15, -0.1) is 21.5 Å². The molecule has 1 unspecified atom stereocenters.